The van der Waals surface area contributed by atoms with Crippen LogP contribution in [0.2, 0.25) is 0 Å². The van der Waals surface area contributed by atoms with Crippen molar-refractivity contribution in [2.75, 3.05) is 5.01 Å². The summed E-state index contributed by atoms with van der Waals surface area (Å²) < 4.78 is 0. The first-order valence-corrected chi connectivity index (χ1v) is 5.24. The molecule has 0 fully saturated rings. The second kappa shape index (κ2) is 4.37. The summed E-state index contributed by atoms with van der Waals surface area (Å²) in [6.07, 6.45) is 0.327. The molecule has 1 amide bonds. The number of anilines is 1. The minimum absolute atomic E-state index is 0.0173. The third-order valence-corrected chi connectivity index (χ3v) is 2.45. The Kier molecular flexibility index (Phi) is 2.91. The number of carbonyl (C=O) groups excluding carboxylic acids is 1. The Hall–Kier alpha value is -2.17. The van der Waals surface area contributed by atoms with Gasteiger partial charge in [-0.2, -0.15) is 5.10 Å². The number of hydrogen-bond acceptors (Lipinski definition) is 3. The lowest BCUT2D eigenvalue weighted by atomic mass is 10.1. The largest absolute Gasteiger partial charge is 0.481 e. The Bertz CT molecular complexity index is 491. The van der Waals surface area contributed by atoms with Gasteiger partial charge < -0.3 is 5.11 Å². The average Bonchev–Trinajstić information content (AvgIpc) is 2.58. The number of aliphatic carboxylic acids is 1. The minimum atomic E-state index is -0.871. The number of rotatable bonds is 3. The second-order valence-electron chi connectivity index (χ2n) is 3.95. The predicted octanol–water partition coefficient (Wildman–Crippen LogP) is 1.43. The lowest BCUT2D eigenvalue weighted by Gasteiger charge is -2.11. The third kappa shape index (κ3) is 2.50. The van der Waals surface area contributed by atoms with E-state index >= 15 is 0 Å². The van der Waals surface area contributed by atoms with Gasteiger partial charge in [-0.15, -0.1) is 0 Å². The van der Waals surface area contributed by atoms with Gasteiger partial charge in [-0.1, -0.05) is 12.1 Å². The first-order valence-electron chi connectivity index (χ1n) is 5.24. The zero-order valence-electron chi connectivity index (χ0n) is 9.38. The van der Waals surface area contributed by atoms with Gasteiger partial charge in [0.05, 0.1) is 18.5 Å². The van der Waals surface area contributed by atoms with Crippen molar-refractivity contribution in [2.45, 2.75) is 19.8 Å². The summed E-state index contributed by atoms with van der Waals surface area (Å²) in [4.78, 5) is 22.1. The minimum Gasteiger partial charge on any atom is -0.481 e. The monoisotopic (exact) mass is 232 g/mol. The van der Waals surface area contributed by atoms with Crippen LogP contribution in [0.25, 0.3) is 0 Å². The zero-order valence-corrected chi connectivity index (χ0v) is 9.38. The van der Waals surface area contributed by atoms with Crippen LogP contribution in [0.5, 0.6) is 0 Å². The van der Waals surface area contributed by atoms with Crippen LogP contribution in [-0.4, -0.2) is 22.7 Å². The molecule has 1 heterocycles. The number of carbonyl (C=O) groups is 2. The van der Waals surface area contributed by atoms with Gasteiger partial charge in [0.25, 0.3) is 5.91 Å². The Morgan fingerprint density at radius 3 is 2.53 bits per heavy atom. The number of carboxylic acid groups (broad SMARTS) is 1. The lowest BCUT2D eigenvalue weighted by Crippen LogP contribution is -2.19. The first kappa shape index (κ1) is 11.3. The molecule has 5 heteroatoms. The van der Waals surface area contributed by atoms with Crippen molar-refractivity contribution in [2.24, 2.45) is 5.10 Å². The van der Waals surface area contributed by atoms with E-state index in [9.17, 15) is 9.59 Å². The van der Waals surface area contributed by atoms with Crippen molar-refractivity contribution in [3.63, 3.8) is 0 Å². The molecule has 0 aliphatic carbocycles. The topological polar surface area (TPSA) is 70.0 Å². The molecule has 1 aromatic rings. The summed E-state index contributed by atoms with van der Waals surface area (Å²) in [6, 6.07) is 6.80. The lowest BCUT2D eigenvalue weighted by molar-refractivity contribution is -0.136. The van der Waals surface area contributed by atoms with Gasteiger partial charge in [-0.25, -0.2) is 5.01 Å². The molecule has 1 aliphatic heterocycles. The van der Waals surface area contributed by atoms with E-state index in [-0.39, 0.29) is 12.3 Å². The van der Waals surface area contributed by atoms with Crippen molar-refractivity contribution in [1.29, 1.82) is 0 Å². The molecular formula is C12H12N2O3. The van der Waals surface area contributed by atoms with Crippen molar-refractivity contribution in [1.82, 2.24) is 0 Å². The van der Waals surface area contributed by atoms with E-state index in [1.807, 2.05) is 0 Å². The fraction of sp³-hybridized carbons (Fsp3) is 0.250. The van der Waals surface area contributed by atoms with E-state index in [0.717, 1.165) is 5.71 Å². The molecule has 88 valence electrons. The predicted molar refractivity (Wildman–Crippen MR) is 63.0 cm³/mol. The standard InChI is InChI=1S/C12H12N2O3/c1-8-6-11(15)14(13-8)10-4-2-9(3-5-10)7-12(16)17/h2-5H,6-7H2,1H3,(H,16,17). The molecule has 0 saturated heterocycles. The number of carboxylic acids is 1. The zero-order chi connectivity index (χ0) is 12.4. The van der Waals surface area contributed by atoms with Crippen LogP contribution < -0.4 is 5.01 Å². The number of amides is 1. The maximum Gasteiger partial charge on any atom is 0.307 e. The van der Waals surface area contributed by atoms with Crippen molar-refractivity contribution >= 4 is 23.3 Å². The third-order valence-electron chi connectivity index (χ3n) is 2.45. The fourth-order valence-corrected chi connectivity index (χ4v) is 1.69. The van der Waals surface area contributed by atoms with Crippen LogP contribution in [0.15, 0.2) is 29.4 Å². The van der Waals surface area contributed by atoms with Gasteiger partial charge in [-0.3, -0.25) is 9.59 Å². The van der Waals surface area contributed by atoms with Gasteiger partial charge in [0, 0.05) is 5.71 Å². The summed E-state index contributed by atoms with van der Waals surface area (Å²) in [6.45, 7) is 1.80. The van der Waals surface area contributed by atoms with Crippen LogP contribution in [0, 0.1) is 0 Å². The second-order valence-corrected chi connectivity index (χ2v) is 3.95. The molecule has 0 aromatic heterocycles. The van der Waals surface area contributed by atoms with Crippen molar-refractivity contribution < 1.29 is 14.7 Å². The Labute approximate surface area is 98.4 Å². The molecule has 0 saturated carbocycles. The van der Waals surface area contributed by atoms with Crippen LogP contribution in [0.1, 0.15) is 18.9 Å². The molecule has 0 atom stereocenters. The van der Waals surface area contributed by atoms with E-state index < -0.39 is 5.97 Å². The van der Waals surface area contributed by atoms with Gasteiger partial charge in [0.15, 0.2) is 0 Å². The number of nitrogens with zero attached hydrogens (tertiary/aromatic N) is 2. The van der Waals surface area contributed by atoms with E-state index in [0.29, 0.717) is 17.7 Å². The highest BCUT2D eigenvalue weighted by Crippen LogP contribution is 2.20. The highest BCUT2D eigenvalue weighted by Gasteiger charge is 2.22. The molecule has 1 N–H and O–H groups in total. The summed E-state index contributed by atoms with van der Waals surface area (Å²) >= 11 is 0. The maximum atomic E-state index is 11.6. The van der Waals surface area contributed by atoms with Crippen LogP contribution in [0.3, 0.4) is 0 Å². The molecule has 17 heavy (non-hydrogen) atoms. The Morgan fingerprint density at radius 2 is 2.06 bits per heavy atom. The summed E-state index contributed by atoms with van der Waals surface area (Å²) in [5.41, 5.74) is 2.15. The summed E-state index contributed by atoms with van der Waals surface area (Å²) in [5, 5.41) is 14.1. The van der Waals surface area contributed by atoms with Gasteiger partial charge in [-0.05, 0) is 24.6 Å². The normalized spacial score (nSPS) is 15.0. The van der Waals surface area contributed by atoms with Gasteiger partial charge >= 0.3 is 5.97 Å². The van der Waals surface area contributed by atoms with Crippen LogP contribution in [-0.2, 0) is 16.0 Å². The number of hydrogen-bond donors (Lipinski definition) is 1. The van der Waals surface area contributed by atoms with E-state index in [2.05, 4.69) is 5.10 Å². The molecule has 2 rings (SSSR count). The quantitative estimate of drug-likeness (QED) is 0.856. The van der Waals surface area contributed by atoms with E-state index in [1.54, 1.807) is 31.2 Å². The molecule has 0 radical (unpaired) electrons. The average molecular weight is 232 g/mol. The van der Waals surface area contributed by atoms with Gasteiger partial charge in [0.2, 0.25) is 0 Å². The van der Waals surface area contributed by atoms with Crippen molar-refractivity contribution in [3.05, 3.63) is 29.8 Å². The van der Waals surface area contributed by atoms with Crippen molar-refractivity contribution in [3.8, 4) is 0 Å². The maximum absolute atomic E-state index is 11.6. The van der Waals surface area contributed by atoms with Gasteiger partial charge in [0.1, 0.15) is 0 Å². The molecule has 5 nitrogen and oxygen atoms in total. The van der Waals surface area contributed by atoms with E-state index in [1.165, 1.54) is 5.01 Å². The molecule has 0 unspecified atom stereocenters. The molecule has 1 aliphatic rings. The van der Waals surface area contributed by atoms with E-state index in [4.69, 9.17) is 5.11 Å². The molecular weight excluding hydrogens is 220 g/mol. The first-order chi connectivity index (χ1) is 8.06. The number of benzene rings is 1. The van der Waals surface area contributed by atoms with Crippen LogP contribution >= 0.6 is 0 Å². The SMILES string of the molecule is CC1=NN(c2ccc(CC(=O)O)cc2)C(=O)C1. The highest BCUT2D eigenvalue weighted by atomic mass is 16.4. The number of hydrazone groups is 1. The molecule has 1 aromatic carbocycles. The summed E-state index contributed by atoms with van der Waals surface area (Å²) in [7, 11) is 0. The Balaban J connectivity index is 2.18. The molecule has 0 bridgehead atoms. The summed E-state index contributed by atoms with van der Waals surface area (Å²) in [5.74, 6) is -0.933. The smallest absolute Gasteiger partial charge is 0.307 e. The van der Waals surface area contributed by atoms with Crippen LogP contribution in [0.4, 0.5) is 5.69 Å². The Morgan fingerprint density at radius 1 is 1.41 bits per heavy atom. The fourth-order valence-electron chi connectivity index (χ4n) is 1.69. The molecule has 0 spiro atoms. The highest BCUT2D eigenvalue weighted by molar-refractivity contribution is 6.12.